The van der Waals surface area contributed by atoms with Crippen molar-refractivity contribution in [3.8, 4) is 0 Å². The molecule has 4 rings (SSSR count). The molecule has 29 heavy (non-hydrogen) atoms. The van der Waals surface area contributed by atoms with Gasteiger partial charge in [-0.1, -0.05) is 25.1 Å². The van der Waals surface area contributed by atoms with Gasteiger partial charge in [-0.3, -0.25) is 4.79 Å². The molecule has 0 aliphatic carbocycles. The van der Waals surface area contributed by atoms with Gasteiger partial charge in [0.1, 0.15) is 5.69 Å². The van der Waals surface area contributed by atoms with Crippen LogP contribution in [0.2, 0.25) is 0 Å². The molecule has 0 saturated carbocycles. The predicted molar refractivity (Wildman–Crippen MR) is 110 cm³/mol. The molecule has 7 nitrogen and oxygen atoms in total. The lowest BCUT2D eigenvalue weighted by Crippen LogP contribution is -2.47. The summed E-state index contributed by atoms with van der Waals surface area (Å²) >= 11 is 0. The number of anilines is 2. The number of nitrogens with one attached hydrogen (secondary N) is 1. The van der Waals surface area contributed by atoms with Crippen molar-refractivity contribution in [2.75, 3.05) is 31.6 Å². The third kappa shape index (κ3) is 4.11. The van der Waals surface area contributed by atoms with Crippen molar-refractivity contribution in [2.24, 2.45) is 0 Å². The lowest BCUT2D eigenvalue weighted by atomic mass is 10.0. The first-order valence-electron chi connectivity index (χ1n) is 10.3. The molecule has 3 heterocycles. The minimum Gasteiger partial charge on any atom is -0.347 e. The fourth-order valence-electron chi connectivity index (χ4n) is 4.05. The first-order chi connectivity index (χ1) is 14.0. The van der Waals surface area contributed by atoms with Gasteiger partial charge >= 0.3 is 0 Å². The quantitative estimate of drug-likeness (QED) is 0.854. The van der Waals surface area contributed by atoms with Gasteiger partial charge in [0.25, 0.3) is 5.91 Å². The highest BCUT2D eigenvalue weighted by Gasteiger charge is 2.41. The molecule has 1 spiro atoms. The number of aromatic nitrogens is 2. The summed E-state index contributed by atoms with van der Waals surface area (Å²) in [5.74, 6) is -0.118. The third-order valence-electron chi connectivity index (χ3n) is 5.68. The van der Waals surface area contributed by atoms with Crippen LogP contribution in [0.3, 0.4) is 0 Å². The topological polar surface area (TPSA) is 76.6 Å². The maximum atomic E-state index is 13.1. The normalized spacial score (nSPS) is 18.2. The van der Waals surface area contributed by atoms with E-state index in [0.717, 1.165) is 23.4 Å². The van der Waals surface area contributed by atoms with Gasteiger partial charge in [-0.05, 0) is 37.5 Å². The van der Waals surface area contributed by atoms with Crippen molar-refractivity contribution in [1.29, 1.82) is 0 Å². The number of rotatable bonds is 4. The summed E-state index contributed by atoms with van der Waals surface area (Å²) in [4.78, 5) is 23.9. The van der Waals surface area contributed by atoms with Crippen LogP contribution in [0.15, 0.2) is 24.3 Å². The summed E-state index contributed by atoms with van der Waals surface area (Å²) in [7, 11) is 0. The van der Waals surface area contributed by atoms with Crippen LogP contribution in [0.1, 0.15) is 47.1 Å². The highest BCUT2D eigenvalue weighted by Crippen LogP contribution is 2.32. The van der Waals surface area contributed by atoms with Crippen molar-refractivity contribution in [1.82, 2.24) is 14.9 Å². The van der Waals surface area contributed by atoms with Crippen LogP contribution < -0.4 is 5.32 Å². The van der Waals surface area contributed by atoms with Crippen molar-refractivity contribution >= 4 is 17.5 Å². The van der Waals surface area contributed by atoms with Crippen molar-refractivity contribution < 1.29 is 14.3 Å². The molecule has 0 radical (unpaired) electrons. The van der Waals surface area contributed by atoms with Crippen LogP contribution in [-0.2, 0) is 15.9 Å². The Morgan fingerprint density at radius 2 is 1.90 bits per heavy atom. The Balaban J connectivity index is 1.52. The zero-order valence-electron chi connectivity index (χ0n) is 17.3. The largest absolute Gasteiger partial charge is 0.347 e. The van der Waals surface area contributed by atoms with E-state index in [0.29, 0.717) is 50.8 Å². The summed E-state index contributed by atoms with van der Waals surface area (Å²) in [5, 5.41) is 3.34. The maximum Gasteiger partial charge on any atom is 0.272 e. The molecular formula is C22H28N4O3. The van der Waals surface area contributed by atoms with Crippen LogP contribution >= 0.6 is 0 Å². The summed E-state index contributed by atoms with van der Waals surface area (Å²) in [6, 6.07) is 7.94. The molecular weight excluding hydrogens is 368 g/mol. The van der Waals surface area contributed by atoms with Gasteiger partial charge in [-0.2, -0.15) is 0 Å². The monoisotopic (exact) mass is 396 g/mol. The molecule has 2 saturated heterocycles. The number of nitrogens with zero attached hydrogens (tertiary/aromatic N) is 3. The number of carbonyl (C=O) groups is 1. The Morgan fingerprint density at radius 3 is 2.59 bits per heavy atom. The number of para-hydroxylation sites is 1. The van der Waals surface area contributed by atoms with Gasteiger partial charge in [0.05, 0.1) is 13.2 Å². The lowest BCUT2D eigenvalue weighted by Gasteiger charge is -2.37. The highest BCUT2D eigenvalue weighted by molar-refractivity contribution is 5.92. The van der Waals surface area contributed by atoms with E-state index >= 15 is 0 Å². The zero-order chi connectivity index (χ0) is 20.4. The average molecular weight is 396 g/mol. The number of benzene rings is 1. The van der Waals surface area contributed by atoms with Gasteiger partial charge < -0.3 is 19.7 Å². The zero-order valence-corrected chi connectivity index (χ0v) is 17.3. The van der Waals surface area contributed by atoms with E-state index in [-0.39, 0.29) is 5.91 Å². The predicted octanol–water partition coefficient (Wildman–Crippen LogP) is 3.38. The van der Waals surface area contributed by atoms with E-state index in [1.165, 1.54) is 5.56 Å². The van der Waals surface area contributed by atoms with Crippen molar-refractivity contribution in [3.63, 3.8) is 0 Å². The van der Waals surface area contributed by atoms with Gasteiger partial charge in [-0.25, -0.2) is 9.97 Å². The SMILES string of the molecule is CCc1cccc(C)c1Nc1nc(C)cc(C(=O)N2CCC3(CC2)OCCO3)n1. The molecule has 7 heteroatoms. The van der Waals surface area contributed by atoms with Gasteiger partial charge in [0.2, 0.25) is 5.95 Å². The fraction of sp³-hybridized carbons (Fsp3) is 0.500. The summed E-state index contributed by atoms with van der Waals surface area (Å²) in [6.07, 6.45) is 2.29. The second-order valence-corrected chi connectivity index (χ2v) is 7.71. The minimum absolute atomic E-state index is 0.0769. The number of piperidine rings is 1. The van der Waals surface area contributed by atoms with Crippen LogP contribution in [0.25, 0.3) is 0 Å². The second-order valence-electron chi connectivity index (χ2n) is 7.71. The molecule has 0 atom stereocenters. The fourth-order valence-corrected chi connectivity index (χ4v) is 4.05. The van der Waals surface area contributed by atoms with E-state index in [2.05, 4.69) is 41.3 Å². The van der Waals surface area contributed by atoms with Crippen molar-refractivity contribution in [3.05, 3.63) is 46.8 Å². The molecule has 2 aliphatic rings. The van der Waals surface area contributed by atoms with Gasteiger partial charge in [0, 0.05) is 37.3 Å². The molecule has 1 aromatic carbocycles. The Bertz CT molecular complexity index is 899. The Labute approximate surface area is 171 Å². The van der Waals surface area contributed by atoms with Gasteiger partial charge in [-0.15, -0.1) is 0 Å². The molecule has 154 valence electrons. The summed E-state index contributed by atoms with van der Waals surface area (Å²) in [5.41, 5.74) is 4.50. The van der Waals surface area contributed by atoms with Crippen molar-refractivity contribution in [2.45, 2.75) is 45.8 Å². The highest BCUT2D eigenvalue weighted by atomic mass is 16.7. The van der Waals surface area contributed by atoms with E-state index in [9.17, 15) is 4.79 Å². The maximum absolute atomic E-state index is 13.1. The second kappa shape index (κ2) is 8.08. The Morgan fingerprint density at radius 1 is 1.17 bits per heavy atom. The number of ether oxygens (including phenoxy) is 2. The molecule has 2 aromatic rings. The van der Waals surface area contributed by atoms with Crippen LogP contribution in [0.5, 0.6) is 0 Å². The molecule has 2 aliphatic heterocycles. The molecule has 1 aromatic heterocycles. The first kappa shape index (κ1) is 19.8. The number of amides is 1. The van der Waals surface area contributed by atoms with Crippen LogP contribution in [-0.4, -0.2) is 52.9 Å². The van der Waals surface area contributed by atoms with E-state index in [4.69, 9.17) is 9.47 Å². The lowest BCUT2D eigenvalue weighted by molar-refractivity contribution is -0.181. The van der Waals surface area contributed by atoms with E-state index in [1.807, 2.05) is 17.9 Å². The third-order valence-corrected chi connectivity index (χ3v) is 5.68. The summed E-state index contributed by atoms with van der Waals surface area (Å²) < 4.78 is 11.5. The standard InChI is InChI=1S/C22H28N4O3/c1-4-17-7-5-6-15(2)19(17)25-21-23-16(3)14-18(24-21)20(27)26-10-8-22(9-11-26)28-12-13-29-22/h5-7,14H,4,8-13H2,1-3H3,(H,23,24,25). The smallest absolute Gasteiger partial charge is 0.272 e. The number of carbonyl (C=O) groups excluding carboxylic acids is 1. The van der Waals surface area contributed by atoms with Crippen LogP contribution in [0.4, 0.5) is 11.6 Å². The minimum atomic E-state index is -0.494. The molecule has 0 bridgehead atoms. The molecule has 2 fully saturated rings. The number of aryl methyl sites for hydroxylation is 3. The molecule has 0 unspecified atom stereocenters. The Kier molecular flexibility index (Phi) is 5.52. The average Bonchev–Trinajstić information content (AvgIpc) is 3.17. The van der Waals surface area contributed by atoms with E-state index in [1.54, 1.807) is 6.07 Å². The van der Waals surface area contributed by atoms with E-state index < -0.39 is 5.79 Å². The molecule has 1 N–H and O–H groups in total. The molecule has 1 amide bonds. The number of likely N-dealkylation sites (tertiary alicyclic amines) is 1. The number of hydrogen-bond acceptors (Lipinski definition) is 6. The summed E-state index contributed by atoms with van der Waals surface area (Å²) in [6.45, 7) is 8.52. The number of hydrogen-bond donors (Lipinski definition) is 1. The van der Waals surface area contributed by atoms with Crippen LogP contribution in [0, 0.1) is 13.8 Å². The van der Waals surface area contributed by atoms with Gasteiger partial charge in [0.15, 0.2) is 5.79 Å². The first-order valence-corrected chi connectivity index (χ1v) is 10.3. The Hall–Kier alpha value is -2.51.